The maximum atomic E-state index is 13.0. The third kappa shape index (κ3) is 1.63. The van der Waals surface area contributed by atoms with Crippen LogP contribution in [0.4, 0.5) is 4.39 Å². The maximum absolute atomic E-state index is 13.0. The highest BCUT2D eigenvalue weighted by Crippen LogP contribution is 2.33. The van der Waals surface area contributed by atoms with Crippen molar-refractivity contribution in [2.45, 2.75) is 0 Å². The fourth-order valence-corrected chi connectivity index (χ4v) is 1.93. The third-order valence-corrected chi connectivity index (χ3v) is 2.73. The predicted octanol–water partition coefficient (Wildman–Crippen LogP) is 3.36. The van der Waals surface area contributed by atoms with Crippen LogP contribution in [-0.2, 0) is 0 Å². The van der Waals surface area contributed by atoms with Gasteiger partial charge in [0.05, 0.1) is 7.11 Å². The molecule has 1 nitrogen and oxygen atoms in total. The average Bonchev–Trinajstić information content (AvgIpc) is 2.70. The van der Waals surface area contributed by atoms with E-state index >= 15 is 0 Å². The molecule has 0 spiro atoms. The van der Waals surface area contributed by atoms with Crippen LogP contribution in [0.15, 0.2) is 30.3 Å². The van der Waals surface area contributed by atoms with E-state index < -0.39 is 0 Å². The fraction of sp³-hybridized carbons (Fsp3) is 0.0909. The first-order valence-corrected chi connectivity index (χ1v) is 4.92. The van der Waals surface area contributed by atoms with Crippen molar-refractivity contribution in [3.63, 3.8) is 0 Å². The van der Waals surface area contributed by atoms with Crippen molar-refractivity contribution in [1.29, 1.82) is 0 Å². The van der Waals surface area contributed by atoms with Gasteiger partial charge >= 0.3 is 0 Å². The highest BCUT2D eigenvalue weighted by atomic mass is 32.1. The van der Waals surface area contributed by atoms with Crippen molar-refractivity contribution in [3.05, 3.63) is 41.5 Å². The molecule has 14 heavy (non-hydrogen) atoms. The molecule has 0 aliphatic heterocycles. The number of halogens is 1. The molecule has 1 aromatic carbocycles. The molecular weight excluding hydrogens is 199 g/mol. The van der Waals surface area contributed by atoms with E-state index in [9.17, 15) is 4.39 Å². The second-order valence-electron chi connectivity index (χ2n) is 2.76. The summed E-state index contributed by atoms with van der Waals surface area (Å²) in [5.74, 6) is 0.427. The lowest BCUT2D eigenvalue weighted by Gasteiger charge is -2.05. The van der Waals surface area contributed by atoms with E-state index in [4.69, 9.17) is 4.74 Å². The summed E-state index contributed by atoms with van der Waals surface area (Å²) in [6, 6.07) is 8.19. The molecule has 0 bridgehead atoms. The molecule has 1 aromatic heterocycles. The van der Waals surface area contributed by atoms with E-state index in [0.717, 1.165) is 10.4 Å². The molecule has 2 aromatic rings. The van der Waals surface area contributed by atoms with Gasteiger partial charge in [-0.05, 0) is 30.3 Å². The molecule has 0 saturated heterocycles. The van der Waals surface area contributed by atoms with Gasteiger partial charge in [-0.15, -0.1) is 11.3 Å². The zero-order chi connectivity index (χ0) is 9.97. The van der Waals surface area contributed by atoms with E-state index in [0.29, 0.717) is 5.75 Å². The zero-order valence-electron chi connectivity index (χ0n) is 7.58. The van der Waals surface area contributed by atoms with Crippen LogP contribution in [0, 0.1) is 11.2 Å². The molecule has 0 unspecified atom stereocenters. The smallest absolute Gasteiger partial charge is 0.127 e. The van der Waals surface area contributed by atoms with E-state index in [1.54, 1.807) is 13.2 Å². The summed E-state index contributed by atoms with van der Waals surface area (Å²) in [5, 5.41) is 2.96. The first-order chi connectivity index (χ1) is 6.81. The van der Waals surface area contributed by atoms with Crippen LogP contribution in [0.25, 0.3) is 10.4 Å². The van der Waals surface area contributed by atoms with Crippen molar-refractivity contribution in [2.24, 2.45) is 0 Å². The van der Waals surface area contributed by atoms with Crippen molar-refractivity contribution in [3.8, 4) is 16.2 Å². The van der Waals surface area contributed by atoms with Gasteiger partial charge in [-0.3, -0.25) is 0 Å². The Bertz CT molecular complexity index is 423. The van der Waals surface area contributed by atoms with Crippen molar-refractivity contribution >= 4 is 11.3 Å². The molecule has 0 fully saturated rings. The monoisotopic (exact) mass is 207 g/mol. The number of rotatable bonds is 2. The second-order valence-corrected chi connectivity index (χ2v) is 3.64. The topological polar surface area (TPSA) is 9.23 Å². The Kier molecular flexibility index (Phi) is 2.50. The van der Waals surface area contributed by atoms with E-state index in [-0.39, 0.29) is 5.82 Å². The Morgan fingerprint density at radius 1 is 1.36 bits per heavy atom. The van der Waals surface area contributed by atoms with Gasteiger partial charge in [0, 0.05) is 15.8 Å². The van der Waals surface area contributed by atoms with Gasteiger partial charge in [0.2, 0.25) is 0 Å². The molecule has 0 atom stereocenters. The lowest BCUT2D eigenvalue weighted by molar-refractivity contribution is 0.415. The zero-order valence-corrected chi connectivity index (χ0v) is 8.40. The Morgan fingerprint density at radius 2 is 2.21 bits per heavy atom. The summed E-state index contributed by atoms with van der Waals surface area (Å²) in [4.78, 5) is 0.960. The van der Waals surface area contributed by atoms with Crippen molar-refractivity contribution in [1.82, 2.24) is 0 Å². The fourth-order valence-electron chi connectivity index (χ4n) is 1.26. The van der Waals surface area contributed by atoms with Gasteiger partial charge in [-0.2, -0.15) is 0 Å². The molecule has 0 aliphatic carbocycles. The highest BCUT2D eigenvalue weighted by molar-refractivity contribution is 7.13. The van der Waals surface area contributed by atoms with Crippen molar-refractivity contribution < 1.29 is 9.13 Å². The van der Waals surface area contributed by atoms with Gasteiger partial charge in [0.25, 0.3) is 0 Å². The van der Waals surface area contributed by atoms with Crippen LogP contribution in [0.3, 0.4) is 0 Å². The largest absolute Gasteiger partial charge is 0.496 e. The summed E-state index contributed by atoms with van der Waals surface area (Å²) in [7, 11) is 1.58. The Morgan fingerprint density at radius 3 is 2.86 bits per heavy atom. The standard InChI is InChI=1S/C11H8FOS/c1-13-10-5-4-8(12)7-9(10)11-3-2-6-14-11/h2-5,7H,1H3. The number of hydrogen-bond donors (Lipinski definition) is 0. The number of hydrogen-bond acceptors (Lipinski definition) is 2. The predicted molar refractivity (Wildman–Crippen MR) is 55.1 cm³/mol. The number of ether oxygens (including phenoxy) is 1. The molecule has 2 rings (SSSR count). The Balaban J connectivity index is 2.55. The lowest BCUT2D eigenvalue weighted by Crippen LogP contribution is -1.87. The maximum Gasteiger partial charge on any atom is 0.127 e. The number of methoxy groups -OCH3 is 1. The average molecular weight is 207 g/mol. The summed E-state index contributed by atoms with van der Waals surface area (Å²) in [6.07, 6.45) is 0. The van der Waals surface area contributed by atoms with Crippen LogP contribution >= 0.6 is 11.3 Å². The number of benzene rings is 1. The minimum atomic E-state index is -0.255. The van der Waals surface area contributed by atoms with Crippen LogP contribution in [0.5, 0.6) is 5.75 Å². The third-order valence-electron chi connectivity index (χ3n) is 1.90. The molecule has 0 saturated carbocycles. The van der Waals surface area contributed by atoms with Gasteiger partial charge in [0.1, 0.15) is 11.6 Å². The van der Waals surface area contributed by atoms with Gasteiger partial charge in [0.15, 0.2) is 0 Å². The Labute approximate surface area is 85.8 Å². The normalized spacial score (nSPS) is 10.1. The molecule has 1 radical (unpaired) electrons. The minimum absolute atomic E-state index is 0.255. The van der Waals surface area contributed by atoms with E-state index in [1.165, 1.54) is 23.5 Å². The Hall–Kier alpha value is -1.35. The van der Waals surface area contributed by atoms with Crippen LogP contribution in [-0.4, -0.2) is 7.11 Å². The van der Waals surface area contributed by atoms with Crippen LogP contribution in [0.2, 0.25) is 0 Å². The summed E-state index contributed by atoms with van der Waals surface area (Å²) in [6.45, 7) is 0. The summed E-state index contributed by atoms with van der Waals surface area (Å²) >= 11 is 1.44. The molecule has 71 valence electrons. The second kappa shape index (κ2) is 3.80. The minimum Gasteiger partial charge on any atom is -0.496 e. The first kappa shape index (κ1) is 9.21. The quantitative estimate of drug-likeness (QED) is 0.733. The van der Waals surface area contributed by atoms with E-state index in [1.807, 2.05) is 12.1 Å². The molecular formula is C11H8FOS. The molecule has 3 heteroatoms. The molecule has 0 N–H and O–H groups in total. The number of thiophene rings is 1. The SMILES string of the molecule is COc1ccc(F)cc1-c1cc[c]s1. The van der Waals surface area contributed by atoms with Gasteiger partial charge in [-0.25, -0.2) is 4.39 Å². The first-order valence-electron chi connectivity index (χ1n) is 4.11. The lowest BCUT2D eigenvalue weighted by atomic mass is 10.1. The molecule has 0 amide bonds. The van der Waals surface area contributed by atoms with Gasteiger partial charge in [-0.1, -0.05) is 0 Å². The molecule has 0 aliphatic rings. The van der Waals surface area contributed by atoms with Crippen LogP contribution < -0.4 is 4.74 Å². The summed E-state index contributed by atoms with van der Waals surface area (Å²) in [5.41, 5.74) is 0.777. The van der Waals surface area contributed by atoms with Crippen molar-refractivity contribution in [2.75, 3.05) is 7.11 Å². The van der Waals surface area contributed by atoms with Crippen LogP contribution in [0.1, 0.15) is 0 Å². The molecule has 1 heterocycles. The van der Waals surface area contributed by atoms with Gasteiger partial charge < -0.3 is 4.74 Å². The van der Waals surface area contributed by atoms with E-state index in [2.05, 4.69) is 5.38 Å². The summed E-state index contributed by atoms with van der Waals surface area (Å²) < 4.78 is 18.2. The highest BCUT2D eigenvalue weighted by Gasteiger charge is 2.07.